The highest BCUT2D eigenvalue weighted by atomic mass is 127. The first-order chi connectivity index (χ1) is 14.2. The van der Waals surface area contributed by atoms with Crippen molar-refractivity contribution in [1.29, 1.82) is 0 Å². The Kier molecular flexibility index (Phi) is 9.82. The molecule has 0 saturated carbocycles. The molecule has 1 atom stereocenters. The van der Waals surface area contributed by atoms with Crippen molar-refractivity contribution < 1.29 is 9.52 Å². The summed E-state index contributed by atoms with van der Waals surface area (Å²) in [4.78, 5) is 8.81. The first-order valence-electron chi connectivity index (χ1n) is 9.81. The zero-order chi connectivity index (χ0) is 20.5. The first-order valence-corrected chi connectivity index (χ1v) is 9.81. The molecule has 0 aliphatic heterocycles. The van der Waals surface area contributed by atoms with Gasteiger partial charge in [-0.3, -0.25) is 4.99 Å². The Labute approximate surface area is 194 Å². The molecule has 3 N–H and O–H groups in total. The third-order valence-electron chi connectivity index (χ3n) is 4.75. The summed E-state index contributed by atoms with van der Waals surface area (Å²) in [5, 5.41) is 16.2. The van der Waals surface area contributed by atoms with E-state index in [1.807, 2.05) is 54.6 Å². The quantitative estimate of drug-likeness (QED) is 0.240. The summed E-state index contributed by atoms with van der Waals surface area (Å²) in [5.74, 6) is 1.35. The molecular formula is C23H29IN4O2. The molecule has 7 heteroatoms. The summed E-state index contributed by atoms with van der Waals surface area (Å²) in [7, 11) is 1.73. The number of nitrogens with one attached hydrogen (secondary N) is 2. The summed E-state index contributed by atoms with van der Waals surface area (Å²) in [6.45, 7) is 3.41. The number of nitrogens with zero attached hydrogens (tertiary/aromatic N) is 2. The Morgan fingerprint density at radius 1 is 1.10 bits per heavy atom. The topological polar surface area (TPSA) is 82.7 Å². The van der Waals surface area contributed by atoms with E-state index < -0.39 is 0 Å². The van der Waals surface area contributed by atoms with Gasteiger partial charge in [0, 0.05) is 38.0 Å². The van der Waals surface area contributed by atoms with Crippen molar-refractivity contribution in [2.24, 2.45) is 4.99 Å². The van der Waals surface area contributed by atoms with Crippen LogP contribution in [0.15, 0.2) is 70.3 Å². The number of benzene rings is 2. The van der Waals surface area contributed by atoms with Crippen molar-refractivity contribution >= 4 is 29.9 Å². The highest BCUT2D eigenvalue weighted by Gasteiger charge is 2.11. The molecular weight excluding hydrogens is 491 g/mol. The molecule has 30 heavy (non-hydrogen) atoms. The van der Waals surface area contributed by atoms with Gasteiger partial charge in [-0.1, -0.05) is 48.0 Å². The lowest BCUT2D eigenvalue weighted by molar-refractivity contribution is 0.265. The van der Waals surface area contributed by atoms with Gasteiger partial charge in [0.15, 0.2) is 5.96 Å². The predicted molar refractivity (Wildman–Crippen MR) is 131 cm³/mol. The van der Waals surface area contributed by atoms with Gasteiger partial charge in [-0.25, -0.2) is 4.98 Å². The maximum atomic E-state index is 9.68. The Morgan fingerprint density at radius 2 is 1.83 bits per heavy atom. The van der Waals surface area contributed by atoms with Crippen molar-refractivity contribution in [2.45, 2.75) is 19.3 Å². The number of rotatable bonds is 8. The Balaban J connectivity index is 0.00000320. The summed E-state index contributed by atoms with van der Waals surface area (Å²) in [6, 6.07) is 18.1. The van der Waals surface area contributed by atoms with Crippen LogP contribution in [0.5, 0.6) is 0 Å². The van der Waals surface area contributed by atoms with Crippen molar-refractivity contribution in [1.82, 2.24) is 15.6 Å². The van der Waals surface area contributed by atoms with E-state index in [0.717, 1.165) is 23.2 Å². The number of aryl methyl sites for hydroxylation is 1. The second-order valence-corrected chi connectivity index (χ2v) is 6.93. The minimum absolute atomic E-state index is 0. The number of guanidine groups is 1. The SMILES string of the molecule is CN=C(NCCc1coc(-c2ccc(C)cc2)n1)NCC(CO)c1ccccc1.I. The van der Waals surface area contributed by atoms with Crippen LogP contribution in [0, 0.1) is 6.92 Å². The molecule has 3 rings (SSSR count). The van der Waals surface area contributed by atoms with Gasteiger partial charge >= 0.3 is 0 Å². The molecule has 1 heterocycles. The number of hydrogen-bond donors (Lipinski definition) is 3. The number of hydrogen-bond acceptors (Lipinski definition) is 4. The van der Waals surface area contributed by atoms with Gasteiger partial charge in [0.1, 0.15) is 6.26 Å². The van der Waals surface area contributed by atoms with E-state index in [1.165, 1.54) is 5.56 Å². The van der Waals surface area contributed by atoms with E-state index in [-0.39, 0.29) is 36.5 Å². The summed E-state index contributed by atoms with van der Waals surface area (Å²) >= 11 is 0. The first kappa shape index (κ1) is 23.9. The van der Waals surface area contributed by atoms with E-state index in [1.54, 1.807) is 13.3 Å². The zero-order valence-corrected chi connectivity index (χ0v) is 19.7. The van der Waals surface area contributed by atoms with E-state index in [9.17, 15) is 5.11 Å². The van der Waals surface area contributed by atoms with Crippen LogP contribution in [0.4, 0.5) is 0 Å². The Bertz CT molecular complexity index is 910. The molecule has 0 fully saturated rings. The van der Waals surface area contributed by atoms with E-state index in [2.05, 4.69) is 27.5 Å². The highest BCUT2D eigenvalue weighted by molar-refractivity contribution is 14.0. The number of halogens is 1. The number of aliphatic imine (C=N–C) groups is 1. The van der Waals surface area contributed by atoms with Crippen LogP contribution in [-0.4, -0.2) is 42.8 Å². The highest BCUT2D eigenvalue weighted by Crippen LogP contribution is 2.19. The number of oxazole rings is 1. The minimum Gasteiger partial charge on any atom is -0.444 e. The van der Waals surface area contributed by atoms with Crippen molar-refractivity contribution in [2.75, 3.05) is 26.7 Å². The molecule has 1 aromatic heterocycles. The molecule has 0 radical (unpaired) electrons. The second kappa shape index (κ2) is 12.3. The molecule has 0 spiro atoms. The average Bonchev–Trinajstić information content (AvgIpc) is 3.23. The maximum Gasteiger partial charge on any atom is 0.226 e. The largest absolute Gasteiger partial charge is 0.444 e. The van der Waals surface area contributed by atoms with E-state index in [0.29, 0.717) is 24.9 Å². The minimum atomic E-state index is 0. The average molecular weight is 520 g/mol. The molecule has 0 amide bonds. The van der Waals surface area contributed by atoms with Crippen LogP contribution in [0.25, 0.3) is 11.5 Å². The van der Waals surface area contributed by atoms with Gasteiger partial charge in [-0.2, -0.15) is 0 Å². The van der Waals surface area contributed by atoms with E-state index in [4.69, 9.17) is 4.42 Å². The standard InChI is InChI=1S/C23H28N4O2.HI/c1-17-8-10-19(11-9-17)22-27-21(16-29-22)12-13-25-23(24-2)26-14-20(15-28)18-6-4-3-5-7-18;/h3-11,16,20,28H,12-15H2,1-2H3,(H2,24,25,26);1H. The molecule has 1 unspecified atom stereocenters. The fourth-order valence-corrected chi connectivity index (χ4v) is 3.01. The van der Waals surface area contributed by atoms with Gasteiger partial charge in [0.2, 0.25) is 5.89 Å². The summed E-state index contributed by atoms with van der Waals surface area (Å²) < 4.78 is 5.60. The third-order valence-corrected chi connectivity index (χ3v) is 4.75. The Morgan fingerprint density at radius 3 is 2.50 bits per heavy atom. The smallest absolute Gasteiger partial charge is 0.226 e. The fourth-order valence-electron chi connectivity index (χ4n) is 3.01. The molecule has 0 aliphatic rings. The molecule has 160 valence electrons. The zero-order valence-electron chi connectivity index (χ0n) is 17.3. The van der Waals surface area contributed by atoms with Gasteiger partial charge < -0.3 is 20.2 Å². The number of aliphatic hydroxyl groups excluding tert-OH is 1. The number of aromatic nitrogens is 1. The monoisotopic (exact) mass is 520 g/mol. The van der Waals surface area contributed by atoms with Gasteiger partial charge in [0.25, 0.3) is 0 Å². The maximum absolute atomic E-state index is 9.68. The van der Waals surface area contributed by atoms with Crippen LogP contribution in [0.1, 0.15) is 22.7 Å². The summed E-state index contributed by atoms with van der Waals surface area (Å²) in [6.07, 6.45) is 2.42. The van der Waals surface area contributed by atoms with Gasteiger partial charge in [0.05, 0.1) is 12.3 Å². The molecule has 2 aromatic carbocycles. The molecule has 0 aliphatic carbocycles. The number of aliphatic hydroxyl groups is 1. The molecule has 3 aromatic rings. The fraction of sp³-hybridized carbons (Fsp3) is 0.304. The van der Waals surface area contributed by atoms with Gasteiger partial charge in [-0.05, 0) is 24.6 Å². The molecule has 0 saturated heterocycles. The normalized spacial score (nSPS) is 12.2. The van der Waals surface area contributed by atoms with Crippen LogP contribution in [0.2, 0.25) is 0 Å². The van der Waals surface area contributed by atoms with E-state index >= 15 is 0 Å². The second-order valence-electron chi connectivity index (χ2n) is 6.93. The summed E-state index contributed by atoms with van der Waals surface area (Å²) in [5.41, 5.74) is 4.17. The van der Waals surface area contributed by atoms with Crippen LogP contribution in [0.3, 0.4) is 0 Å². The van der Waals surface area contributed by atoms with Crippen molar-refractivity contribution in [3.63, 3.8) is 0 Å². The van der Waals surface area contributed by atoms with Crippen LogP contribution < -0.4 is 10.6 Å². The lowest BCUT2D eigenvalue weighted by Crippen LogP contribution is -2.40. The lowest BCUT2D eigenvalue weighted by atomic mass is 10.0. The third kappa shape index (κ3) is 6.84. The van der Waals surface area contributed by atoms with Crippen LogP contribution in [-0.2, 0) is 6.42 Å². The van der Waals surface area contributed by atoms with Crippen molar-refractivity contribution in [3.05, 3.63) is 77.7 Å². The van der Waals surface area contributed by atoms with Gasteiger partial charge in [-0.15, -0.1) is 24.0 Å². The molecule has 6 nitrogen and oxygen atoms in total. The van der Waals surface area contributed by atoms with Crippen LogP contribution >= 0.6 is 24.0 Å². The van der Waals surface area contributed by atoms with Crippen molar-refractivity contribution in [3.8, 4) is 11.5 Å². The Hall–Kier alpha value is -2.39. The lowest BCUT2D eigenvalue weighted by Gasteiger charge is -2.18. The predicted octanol–water partition coefficient (Wildman–Crippen LogP) is 3.75. The molecule has 0 bridgehead atoms.